The molecule has 0 saturated carbocycles. The van der Waals surface area contributed by atoms with E-state index in [0.717, 1.165) is 22.4 Å². The van der Waals surface area contributed by atoms with Crippen molar-refractivity contribution in [3.63, 3.8) is 0 Å². The van der Waals surface area contributed by atoms with E-state index in [9.17, 15) is 4.79 Å². The molecule has 1 amide bonds. The summed E-state index contributed by atoms with van der Waals surface area (Å²) in [5.74, 6) is 0.0908. The van der Waals surface area contributed by atoms with Crippen molar-refractivity contribution >= 4 is 11.6 Å². The Hall–Kier alpha value is -3.34. The van der Waals surface area contributed by atoms with Gasteiger partial charge in [-0.2, -0.15) is 0 Å². The Morgan fingerprint density at radius 2 is 1.92 bits per heavy atom. The third-order valence-electron chi connectivity index (χ3n) is 4.28. The van der Waals surface area contributed by atoms with E-state index in [4.69, 9.17) is 10.2 Å². The lowest BCUT2D eigenvalue weighted by molar-refractivity contribution is 0.0996. The Morgan fingerprint density at radius 1 is 1.16 bits per heavy atom. The van der Waals surface area contributed by atoms with Gasteiger partial charge in [0.2, 0.25) is 5.89 Å². The summed E-state index contributed by atoms with van der Waals surface area (Å²) in [6.07, 6.45) is 3.81. The van der Waals surface area contributed by atoms with E-state index in [1.165, 1.54) is 0 Å². The van der Waals surface area contributed by atoms with Crippen LogP contribution in [0.1, 0.15) is 33.4 Å². The second-order valence-electron chi connectivity index (χ2n) is 6.03. The lowest BCUT2D eigenvalue weighted by Crippen LogP contribution is -2.13. The van der Waals surface area contributed by atoms with Crippen molar-refractivity contribution in [2.24, 2.45) is 5.73 Å². The Kier molecular flexibility index (Phi) is 3.61. The van der Waals surface area contributed by atoms with Gasteiger partial charge in [-0.25, -0.2) is 4.98 Å². The molecule has 0 fully saturated rings. The van der Waals surface area contributed by atoms with Gasteiger partial charge >= 0.3 is 0 Å². The number of fused-ring (bicyclic) bond motifs is 1. The number of carbonyl (C=O) groups excluding carboxylic acids is 1. The van der Waals surface area contributed by atoms with E-state index < -0.39 is 5.91 Å². The summed E-state index contributed by atoms with van der Waals surface area (Å²) in [7, 11) is 0. The zero-order valence-corrected chi connectivity index (χ0v) is 13.7. The van der Waals surface area contributed by atoms with Crippen molar-refractivity contribution < 1.29 is 9.21 Å². The fourth-order valence-electron chi connectivity index (χ4n) is 2.99. The predicted octanol–water partition coefficient (Wildman–Crippen LogP) is 3.82. The van der Waals surface area contributed by atoms with Crippen LogP contribution in [-0.4, -0.2) is 10.9 Å². The highest BCUT2D eigenvalue weighted by molar-refractivity contribution is 5.96. The van der Waals surface area contributed by atoms with E-state index in [1.807, 2.05) is 67.7 Å². The summed E-state index contributed by atoms with van der Waals surface area (Å²) in [6.45, 7) is 2.00. The van der Waals surface area contributed by atoms with Crippen LogP contribution in [0.15, 0.2) is 65.2 Å². The van der Waals surface area contributed by atoms with Crippen molar-refractivity contribution in [2.45, 2.75) is 12.8 Å². The number of hydrogen-bond donors (Lipinski definition) is 2. The third kappa shape index (κ3) is 2.70. The number of nitrogens with two attached hydrogens (primary N) is 1. The molecular weight excluding hydrogens is 314 g/mol. The summed E-state index contributed by atoms with van der Waals surface area (Å²) in [4.78, 5) is 16.3. The Labute approximate surface area is 145 Å². The standard InChI is InChI=1S/C20H17N3O2/c1-12-6-8-13(9-7-12)18-17(19(21)24)23-20(25-18)15-10-11-22-16-5-3-2-4-14(15)16/h2-11,15,22H,1H3,(H2,21,24). The number of nitrogens with zero attached hydrogens (tertiary/aromatic N) is 1. The zero-order valence-electron chi connectivity index (χ0n) is 13.7. The number of aromatic nitrogens is 1. The Morgan fingerprint density at radius 3 is 2.68 bits per heavy atom. The number of allylic oxidation sites excluding steroid dienone is 1. The van der Waals surface area contributed by atoms with Gasteiger partial charge in [0.1, 0.15) is 0 Å². The Balaban J connectivity index is 1.83. The number of oxazole rings is 1. The fraction of sp³-hybridized carbons (Fsp3) is 0.100. The summed E-state index contributed by atoms with van der Waals surface area (Å²) in [5, 5.41) is 3.20. The smallest absolute Gasteiger partial charge is 0.271 e. The molecule has 1 unspecified atom stereocenters. The molecule has 25 heavy (non-hydrogen) atoms. The van der Waals surface area contributed by atoms with Gasteiger partial charge in [-0.15, -0.1) is 0 Å². The van der Waals surface area contributed by atoms with Gasteiger partial charge in [0.15, 0.2) is 11.5 Å². The highest BCUT2D eigenvalue weighted by atomic mass is 16.4. The molecule has 0 saturated heterocycles. The minimum atomic E-state index is -0.600. The molecule has 4 rings (SSSR count). The molecule has 2 aromatic carbocycles. The highest BCUT2D eigenvalue weighted by Gasteiger charge is 2.26. The molecule has 3 aromatic rings. The molecule has 0 radical (unpaired) electrons. The SMILES string of the molecule is Cc1ccc(-c2oc(C3C=CNc4ccccc43)nc2C(N)=O)cc1. The second kappa shape index (κ2) is 5.94. The molecule has 1 aromatic heterocycles. The van der Waals surface area contributed by atoms with Crippen LogP contribution >= 0.6 is 0 Å². The van der Waals surface area contributed by atoms with Crippen molar-refractivity contribution in [3.8, 4) is 11.3 Å². The van der Waals surface area contributed by atoms with Gasteiger partial charge < -0.3 is 15.5 Å². The maximum absolute atomic E-state index is 11.9. The molecule has 2 heterocycles. The molecule has 124 valence electrons. The molecule has 0 spiro atoms. The molecule has 0 bridgehead atoms. The van der Waals surface area contributed by atoms with E-state index in [0.29, 0.717) is 11.7 Å². The van der Waals surface area contributed by atoms with E-state index in [2.05, 4.69) is 10.3 Å². The summed E-state index contributed by atoms with van der Waals surface area (Å²) in [6, 6.07) is 15.6. The van der Waals surface area contributed by atoms with Gasteiger partial charge in [0, 0.05) is 11.3 Å². The van der Waals surface area contributed by atoms with Crippen LogP contribution in [0.3, 0.4) is 0 Å². The van der Waals surface area contributed by atoms with Gasteiger partial charge in [0.05, 0.1) is 5.92 Å². The van der Waals surface area contributed by atoms with Crippen LogP contribution in [0, 0.1) is 6.92 Å². The van der Waals surface area contributed by atoms with Crippen LogP contribution in [0.25, 0.3) is 11.3 Å². The average molecular weight is 331 g/mol. The highest BCUT2D eigenvalue weighted by Crippen LogP contribution is 2.36. The van der Waals surface area contributed by atoms with Crippen LogP contribution in [0.2, 0.25) is 0 Å². The number of anilines is 1. The van der Waals surface area contributed by atoms with Crippen molar-refractivity contribution in [3.05, 3.63) is 83.5 Å². The second-order valence-corrected chi connectivity index (χ2v) is 6.03. The number of primary amides is 1. The Bertz CT molecular complexity index is 971. The lowest BCUT2D eigenvalue weighted by atomic mass is 9.95. The molecule has 3 N–H and O–H groups in total. The molecule has 1 atom stereocenters. The quantitative estimate of drug-likeness (QED) is 0.764. The first-order chi connectivity index (χ1) is 12.1. The van der Waals surface area contributed by atoms with Crippen molar-refractivity contribution in [2.75, 3.05) is 5.32 Å². The summed E-state index contributed by atoms with van der Waals surface area (Å²) in [5.41, 5.74) is 9.62. The zero-order chi connectivity index (χ0) is 17.4. The first-order valence-corrected chi connectivity index (χ1v) is 8.03. The number of amides is 1. The van der Waals surface area contributed by atoms with E-state index in [-0.39, 0.29) is 11.6 Å². The third-order valence-corrected chi connectivity index (χ3v) is 4.28. The number of hydrogen-bond acceptors (Lipinski definition) is 4. The summed E-state index contributed by atoms with van der Waals surface area (Å²) < 4.78 is 6.01. The maximum Gasteiger partial charge on any atom is 0.271 e. The van der Waals surface area contributed by atoms with Crippen LogP contribution in [0.5, 0.6) is 0 Å². The van der Waals surface area contributed by atoms with Crippen molar-refractivity contribution in [1.29, 1.82) is 0 Å². The van der Waals surface area contributed by atoms with Gasteiger partial charge in [-0.1, -0.05) is 54.1 Å². The normalized spacial score (nSPS) is 15.5. The number of aryl methyl sites for hydroxylation is 1. The number of benzene rings is 2. The van der Waals surface area contributed by atoms with Gasteiger partial charge in [-0.3, -0.25) is 4.79 Å². The molecule has 1 aliphatic rings. The average Bonchev–Trinajstić information content (AvgIpc) is 3.07. The monoisotopic (exact) mass is 331 g/mol. The van der Waals surface area contributed by atoms with Gasteiger partial charge in [-0.05, 0) is 24.8 Å². The molecule has 0 aliphatic carbocycles. The minimum absolute atomic E-state index is 0.156. The maximum atomic E-state index is 11.9. The van der Waals surface area contributed by atoms with Crippen LogP contribution in [0.4, 0.5) is 5.69 Å². The molecule has 1 aliphatic heterocycles. The van der Waals surface area contributed by atoms with E-state index >= 15 is 0 Å². The number of nitrogens with one attached hydrogen (secondary N) is 1. The topological polar surface area (TPSA) is 81.2 Å². The van der Waals surface area contributed by atoms with E-state index in [1.54, 1.807) is 0 Å². The minimum Gasteiger partial charge on any atom is -0.439 e. The number of rotatable bonds is 3. The predicted molar refractivity (Wildman–Crippen MR) is 96.2 cm³/mol. The van der Waals surface area contributed by atoms with Crippen molar-refractivity contribution in [1.82, 2.24) is 4.98 Å². The first-order valence-electron chi connectivity index (χ1n) is 8.03. The largest absolute Gasteiger partial charge is 0.439 e. The van der Waals surface area contributed by atoms with Gasteiger partial charge in [0.25, 0.3) is 5.91 Å². The lowest BCUT2D eigenvalue weighted by Gasteiger charge is -2.19. The van der Waals surface area contributed by atoms with Crippen LogP contribution < -0.4 is 11.1 Å². The molecule has 5 heteroatoms. The number of para-hydroxylation sites is 1. The molecular formula is C20H17N3O2. The number of carbonyl (C=O) groups is 1. The summed E-state index contributed by atoms with van der Waals surface area (Å²) >= 11 is 0. The first kappa shape index (κ1) is 15.2. The van der Waals surface area contributed by atoms with Crippen LogP contribution in [-0.2, 0) is 0 Å². The fourth-order valence-corrected chi connectivity index (χ4v) is 2.99. The molecule has 5 nitrogen and oxygen atoms in total.